The summed E-state index contributed by atoms with van der Waals surface area (Å²) in [4.78, 5) is 11.4. The number of ketones is 1. The maximum absolute atomic E-state index is 11.4. The Balaban J connectivity index is 2.91. The second-order valence-corrected chi connectivity index (χ2v) is 6.03. The van der Waals surface area contributed by atoms with Crippen LogP contribution in [-0.4, -0.2) is 5.78 Å². The molecule has 1 rings (SSSR count). The zero-order chi connectivity index (χ0) is 12.3. The number of hydrogen-bond donors (Lipinski definition) is 0. The first-order chi connectivity index (χ1) is 7.38. The number of hydrogen-bond acceptors (Lipinski definition) is 1. The Hall–Kier alpha value is -0.590. The van der Waals surface area contributed by atoms with Crippen LogP contribution >= 0.6 is 0 Å². The molecule has 0 aromatic heterocycles. The Kier molecular flexibility index (Phi) is 4.35. The molecule has 0 saturated carbocycles. The second-order valence-electron chi connectivity index (χ2n) is 6.03. The van der Waals surface area contributed by atoms with E-state index in [2.05, 4.69) is 33.8 Å². The van der Waals surface area contributed by atoms with Crippen LogP contribution in [0.25, 0.3) is 0 Å². The van der Waals surface area contributed by atoms with E-state index in [1.54, 1.807) is 6.92 Å². The molecule has 0 spiro atoms. The van der Waals surface area contributed by atoms with Gasteiger partial charge in [-0.05, 0) is 43.9 Å². The molecule has 1 aliphatic rings. The fourth-order valence-electron chi connectivity index (χ4n) is 3.45. The maximum atomic E-state index is 11.4. The van der Waals surface area contributed by atoms with Gasteiger partial charge in [0.05, 0.1) is 0 Å². The van der Waals surface area contributed by atoms with Crippen molar-refractivity contribution in [2.45, 2.75) is 60.3 Å². The summed E-state index contributed by atoms with van der Waals surface area (Å²) in [5.41, 5.74) is 1.86. The highest BCUT2D eigenvalue weighted by molar-refractivity contribution is 5.75. The fraction of sp³-hybridized carbons (Fsp3) is 0.800. The molecule has 2 unspecified atom stereocenters. The van der Waals surface area contributed by atoms with Crippen molar-refractivity contribution in [3.63, 3.8) is 0 Å². The van der Waals surface area contributed by atoms with E-state index in [0.717, 1.165) is 12.8 Å². The average Bonchev–Trinajstić information content (AvgIpc) is 2.13. The molecule has 0 saturated heterocycles. The van der Waals surface area contributed by atoms with Crippen molar-refractivity contribution in [2.75, 3.05) is 0 Å². The molecule has 0 radical (unpaired) electrons. The van der Waals surface area contributed by atoms with Crippen molar-refractivity contribution < 1.29 is 4.79 Å². The van der Waals surface area contributed by atoms with Gasteiger partial charge in [-0.2, -0.15) is 0 Å². The number of allylic oxidation sites excluding steroid dienone is 2. The molecule has 0 bridgehead atoms. The van der Waals surface area contributed by atoms with Gasteiger partial charge in [0.25, 0.3) is 0 Å². The summed E-state index contributed by atoms with van der Waals surface area (Å²) in [7, 11) is 0. The molecule has 0 aliphatic heterocycles. The standard InChI is InChI=1S/C15H26O/c1-6-13(10-12(3)16)14-11(2)8-7-9-15(14,4)5/h8,13-14H,6-7,9-10H2,1-5H3. The van der Waals surface area contributed by atoms with Crippen LogP contribution in [0.15, 0.2) is 11.6 Å². The fourth-order valence-corrected chi connectivity index (χ4v) is 3.45. The van der Waals surface area contributed by atoms with Crippen molar-refractivity contribution in [3.8, 4) is 0 Å². The molecule has 0 amide bonds. The highest BCUT2D eigenvalue weighted by Crippen LogP contribution is 2.46. The van der Waals surface area contributed by atoms with Gasteiger partial charge in [-0.1, -0.05) is 38.8 Å². The van der Waals surface area contributed by atoms with Crippen molar-refractivity contribution in [2.24, 2.45) is 17.3 Å². The van der Waals surface area contributed by atoms with Gasteiger partial charge < -0.3 is 4.79 Å². The molecule has 92 valence electrons. The van der Waals surface area contributed by atoms with Crippen LogP contribution in [0.2, 0.25) is 0 Å². The zero-order valence-electron chi connectivity index (χ0n) is 11.5. The van der Waals surface area contributed by atoms with E-state index in [1.165, 1.54) is 18.4 Å². The molecule has 2 atom stereocenters. The summed E-state index contributed by atoms with van der Waals surface area (Å²) in [6.07, 6.45) is 6.68. The van der Waals surface area contributed by atoms with Gasteiger partial charge in [0, 0.05) is 6.42 Å². The topological polar surface area (TPSA) is 17.1 Å². The molecule has 1 nitrogen and oxygen atoms in total. The Morgan fingerprint density at radius 1 is 1.56 bits per heavy atom. The molecule has 0 heterocycles. The first-order valence-corrected chi connectivity index (χ1v) is 6.54. The van der Waals surface area contributed by atoms with Crippen molar-refractivity contribution >= 4 is 5.78 Å². The zero-order valence-corrected chi connectivity index (χ0v) is 11.5. The Morgan fingerprint density at radius 2 is 2.19 bits per heavy atom. The van der Waals surface area contributed by atoms with E-state index < -0.39 is 0 Å². The first kappa shape index (κ1) is 13.5. The molecular weight excluding hydrogens is 196 g/mol. The van der Waals surface area contributed by atoms with E-state index in [0.29, 0.717) is 23.0 Å². The second kappa shape index (κ2) is 5.16. The van der Waals surface area contributed by atoms with Crippen LogP contribution in [0, 0.1) is 17.3 Å². The van der Waals surface area contributed by atoms with Gasteiger partial charge >= 0.3 is 0 Å². The van der Waals surface area contributed by atoms with E-state index in [9.17, 15) is 4.79 Å². The number of rotatable bonds is 4. The van der Waals surface area contributed by atoms with Gasteiger partial charge in [0.15, 0.2) is 0 Å². The largest absolute Gasteiger partial charge is 0.300 e. The SMILES string of the molecule is CCC(CC(C)=O)C1C(C)=CCCC1(C)C. The molecule has 0 fully saturated rings. The van der Waals surface area contributed by atoms with Gasteiger partial charge in [-0.3, -0.25) is 0 Å². The molecule has 16 heavy (non-hydrogen) atoms. The van der Waals surface area contributed by atoms with Crippen LogP contribution in [0.5, 0.6) is 0 Å². The molecule has 0 N–H and O–H groups in total. The monoisotopic (exact) mass is 222 g/mol. The van der Waals surface area contributed by atoms with Crippen molar-refractivity contribution in [1.82, 2.24) is 0 Å². The minimum Gasteiger partial charge on any atom is -0.300 e. The van der Waals surface area contributed by atoms with Gasteiger partial charge in [-0.25, -0.2) is 0 Å². The average molecular weight is 222 g/mol. The molecular formula is C15H26O. The minimum atomic E-state index is 0.334. The molecule has 0 aromatic carbocycles. The highest BCUT2D eigenvalue weighted by atomic mass is 16.1. The summed E-state index contributed by atoms with van der Waals surface area (Å²) in [6.45, 7) is 10.9. The predicted molar refractivity (Wildman–Crippen MR) is 69.3 cm³/mol. The van der Waals surface area contributed by atoms with Gasteiger partial charge in [0.1, 0.15) is 5.78 Å². The van der Waals surface area contributed by atoms with Crippen LogP contribution in [0.4, 0.5) is 0 Å². The number of carbonyl (C=O) groups is 1. The van der Waals surface area contributed by atoms with E-state index in [-0.39, 0.29) is 0 Å². The lowest BCUT2D eigenvalue weighted by atomic mass is 9.62. The van der Waals surface area contributed by atoms with Crippen LogP contribution in [0.3, 0.4) is 0 Å². The third-order valence-electron chi connectivity index (χ3n) is 4.13. The Morgan fingerprint density at radius 3 is 2.62 bits per heavy atom. The molecule has 1 heteroatoms. The molecule has 0 aromatic rings. The lowest BCUT2D eigenvalue weighted by molar-refractivity contribution is -0.118. The lowest BCUT2D eigenvalue weighted by Gasteiger charge is -2.43. The van der Waals surface area contributed by atoms with Crippen LogP contribution in [0.1, 0.15) is 60.3 Å². The number of carbonyl (C=O) groups excluding carboxylic acids is 1. The third kappa shape index (κ3) is 2.96. The maximum Gasteiger partial charge on any atom is 0.130 e. The quantitative estimate of drug-likeness (QED) is 0.645. The lowest BCUT2D eigenvalue weighted by Crippen LogP contribution is -2.34. The summed E-state index contributed by atoms with van der Waals surface area (Å²) in [5, 5.41) is 0. The summed E-state index contributed by atoms with van der Waals surface area (Å²) < 4.78 is 0. The summed E-state index contributed by atoms with van der Waals surface area (Å²) >= 11 is 0. The summed E-state index contributed by atoms with van der Waals surface area (Å²) in [6, 6.07) is 0. The smallest absolute Gasteiger partial charge is 0.130 e. The van der Waals surface area contributed by atoms with E-state index in [4.69, 9.17) is 0 Å². The third-order valence-corrected chi connectivity index (χ3v) is 4.13. The Labute approximate surface area is 100 Å². The van der Waals surface area contributed by atoms with Gasteiger partial charge in [-0.15, -0.1) is 0 Å². The highest BCUT2D eigenvalue weighted by Gasteiger charge is 2.37. The number of Topliss-reactive ketones (excluding diaryl/α,β-unsaturated/α-hetero) is 1. The first-order valence-electron chi connectivity index (χ1n) is 6.54. The van der Waals surface area contributed by atoms with Crippen molar-refractivity contribution in [3.05, 3.63) is 11.6 Å². The van der Waals surface area contributed by atoms with Crippen LogP contribution in [-0.2, 0) is 4.79 Å². The van der Waals surface area contributed by atoms with Gasteiger partial charge in [0.2, 0.25) is 0 Å². The predicted octanol–water partition coefficient (Wildman–Crippen LogP) is 4.37. The molecule has 1 aliphatic carbocycles. The van der Waals surface area contributed by atoms with Crippen molar-refractivity contribution in [1.29, 1.82) is 0 Å². The van der Waals surface area contributed by atoms with Crippen LogP contribution < -0.4 is 0 Å². The minimum absolute atomic E-state index is 0.334. The van der Waals surface area contributed by atoms with E-state index >= 15 is 0 Å². The van der Waals surface area contributed by atoms with E-state index in [1.807, 2.05) is 0 Å². The Bertz CT molecular complexity index is 286. The summed E-state index contributed by atoms with van der Waals surface area (Å²) in [5.74, 6) is 1.46. The normalized spacial score (nSPS) is 26.1.